The standard InChI is InChI=1S/C21H23N3O2S/c1-3-17-15-9-12-27-18(15)7-11-24(17)19(25)8-10-23-13-22-20-14(2)5-4-6-16(20)21(23)26/h4-6,9,12-13,17H,3,7-8,10-11H2,1-2H3. The topological polar surface area (TPSA) is 55.2 Å². The highest BCUT2D eigenvalue weighted by Gasteiger charge is 2.29. The average Bonchev–Trinajstić information content (AvgIpc) is 3.16. The summed E-state index contributed by atoms with van der Waals surface area (Å²) in [6.45, 7) is 5.19. The van der Waals surface area contributed by atoms with Crippen molar-refractivity contribution in [2.45, 2.75) is 45.7 Å². The molecule has 2 aromatic heterocycles. The van der Waals surface area contributed by atoms with Gasteiger partial charge in [-0.15, -0.1) is 11.3 Å². The summed E-state index contributed by atoms with van der Waals surface area (Å²) in [5, 5.41) is 2.72. The molecule has 6 heteroatoms. The molecule has 1 unspecified atom stereocenters. The second-order valence-corrected chi connectivity index (χ2v) is 8.03. The first-order valence-electron chi connectivity index (χ1n) is 9.40. The van der Waals surface area contributed by atoms with Crippen LogP contribution in [0.3, 0.4) is 0 Å². The Labute approximate surface area is 162 Å². The molecule has 3 heterocycles. The summed E-state index contributed by atoms with van der Waals surface area (Å²) >= 11 is 1.78. The minimum atomic E-state index is -0.0812. The van der Waals surface area contributed by atoms with Crippen molar-refractivity contribution in [2.24, 2.45) is 0 Å². The number of hydrogen-bond donors (Lipinski definition) is 0. The fraction of sp³-hybridized carbons (Fsp3) is 0.381. The van der Waals surface area contributed by atoms with Crippen molar-refractivity contribution in [1.29, 1.82) is 0 Å². The summed E-state index contributed by atoms with van der Waals surface area (Å²) in [5.74, 6) is 0.106. The van der Waals surface area contributed by atoms with Crippen LogP contribution in [0.1, 0.15) is 41.8 Å². The fourth-order valence-corrected chi connectivity index (χ4v) is 4.92. The van der Waals surface area contributed by atoms with E-state index < -0.39 is 0 Å². The molecule has 1 aliphatic rings. The van der Waals surface area contributed by atoms with E-state index in [0.29, 0.717) is 18.4 Å². The molecule has 27 heavy (non-hydrogen) atoms. The lowest BCUT2D eigenvalue weighted by atomic mass is 9.97. The molecule has 1 amide bonds. The number of para-hydroxylation sites is 1. The Hall–Kier alpha value is -2.47. The van der Waals surface area contributed by atoms with Gasteiger partial charge in [0, 0.05) is 24.4 Å². The lowest BCUT2D eigenvalue weighted by Gasteiger charge is -2.35. The number of aromatic nitrogens is 2. The average molecular weight is 382 g/mol. The molecular formula is C21H23N3O2S. The third-order valence-corrected chi connectivity index (χ3v) is 6.42. The van der Waals surface area contributed by atoms with Crippen LogP contribution in [-0.2, 0) is 17.8 Å². The summed E-state index contributed by atoms with van der Waals surface area (Å²) in [4.78, 5) is 33.4. The highest BCUT2D eigenvalue weighted by Crippen LogP contribution is 2.35. The molecule has 4 rings (SSSR count). The van der Waals surface area contributed by atoms with E-state index in [4.69, 9.17) is 0 Å². The quantitative estimate of drug-likeness (QED) is 0.692. The first-order valence-corrected chi connectivity index (χ1v) is 10.3. The molecule has 140 valence electrons. The van der Waals surface area contributed by atoms with Gasteiger partial charge in [0.15, 0.2) is 0 Å². The van der Waals surface area contributed by atoms with Crippen molar-refractivity contribution >= 4 is 28.1 Å². The van der Waals surface area contributed by atoms with Crippen molar-refractivity contribution < 1.29 is 4.79 Å². The molecule has 0 fully saturated rings. The van der Waals surface area contributed by atoms with Crippen LogP contribution in [0.15, 0.2) is 40.8 Å². The molecule has 0 spiro atoms. The molecule has 0 radical (unpaired) electrons. The van der Waals surface area contributed by atoms with Gasteiger partial charge < -0.3 is 4.90 Å². The van der Waals surface area contributed by atoms with Gasteiger partial charge >= 0.3 is 0 Å². The summed E-state index contributed by atoms with van der Waals surface area (Å²) in [6.07, 6.45) is 3.71. The third-order valence-electron chi connectivity index (χ3n) is 5.42. The Bertz CT molecular complexity index is 1050. The highest BCUT2D eigenvalue weighted by molar-refractivity contribution is 7.10. The molecule has 5 nitrogen and oxygen atoms in total. The second kappa shape index (κ2) is 7.27. The zero-order valence-electron chi connectivity index (χ0n) is 15.6. The van der Waals surface area contributed by atoms with E-state index in [0.717, 1.165) is 30.5 Å². The largest absolute Gasteiger partial charge is 0.335 e. The van der Waals surface area contributed by atoms with E-state index in [1.807, 2.05) is 24.0 Å². The lowest BCUT2D eigenvalue weighted by molar-refractivity contribution is -0.134. The van der Waals surface area contributed by atoms with Crippen LogP contribution < -0.4 is 5.56 Å². The van der Waals surface area contributed by atoms with Crippen molar-refractivity contribution in [1.82, 2.24) is 14.5 Å². The summed E-state index contributed by atoms with van der Waals surface area (Å²) < 4.78 is 1.56. The van der Waals surface area contributed by atoms with Crippen LogP contribution in [0.2, 0.25) is 0 Å². The Morgan fingerprint density at radius 2 is 2.19 bits per heavy atom. The number of benzene rings is 1. The second-order valence-electron chi connectivity index (χ2n) is 7.02. The first kappa shape index (κ1) is 17.9. The van der Waals surface area contributed by atoms with Gasteiger partial charge in [0.05, 0.1) is 23.3 Å². The molecule has 0 N–H and O–H groups in total. The van der Waals surface area contributed by atoms with Crippen LogP contribution in [0.4, 0.5) is 0 Å². The molecule has 0 bridgehead atoms. The van der Waals surface area contributed by atoms with Gasteiger partial charge in [-0.2, -0.15) is 0 Å². The zero-order chi connectivity index (χ0) is 19.0. The Kier molecular flexibility index (Phi) is 4.83. The monoisotopic (exact) mass is 381 g/mol. The van der Waals surface area contributed by atoms with Crippen molar-refractivity contribution in [3.05, 3.63) is 62.3 Å². The number of carbonyl (C=O) groups excluding carboxylic acids is 1. The van der Waals surface area contributed by atoms with Gasteiger partial charge in [-0.1, -0.05) is 19.1 Å². The van der Waals surface area contributed by atoms with E-state index in [1.54, 1.807) is 28.3 Å². The van der Waals surface area contributed by atoms with Gasteiger partial charge in [0.2, 0.25) is 5.91 Å². The Morgan fingerprint density at radius 1 is 1.33 bits per heavy atom. The number of amides is 1. The lowest BCUT2D eigenvalue weighted by Crippen LogP contribution is -2.40. The van der Waals surface area contributed by atoms with Crippen LogP contribution in [0.5, 0.6) is 0 Å². The number of nitrogens with zero attached hydrogens (tertiary/aromatic N) is 3. The Balaban J connectivity index is 1.52. The van der Waals surface area contributed by atoms with Crippen molar-refractivity contribution in [2.75, 3.05) is 6.54 Å². The predicted molar refractivity (Wildman–Crippen MR) is 108 cm³/mol. The number of carbonyl (C=O) groups is 1. The van der Waals surface area contributed by atoms with Crippen LogP contribution in [0.25, 0.3) is 10.9 Å². The highest BCUT2D eigenvalue weighted by atomic mass is 32.1. The van der Waals surface area contributed by atoms with E-state index in [9.17, 15) is 9.59 Å². The Morgan fingerprint density at radius 3 is 3.00 bits per heavy atom. The molecule has 3 aromatic rings. The van der Waals surface area contributed by atoms with Gasteiger partial charge in [-0.3, -0.25) is 14.2 Å². The van der Waals surface area contributed by atoms with E-state index >= 15 is 0 Å². The minimum Gasteiger partial charge on any atom is -0.335 e. The molecular weight excluding hydrogens is 358 g/mol. The molecule has 0 saturated heterocycles. The molecule has 1 atom stereocenters. The third kappa shape index (κ3) is 3.18. The SMILES string of the molecule is CCC1c2ccsc2CCN1C(=O)CCn1cnc2c(C)cccc2c1=O. The van der Waals surface area contributed by atoms with E-state index in [1.165, 1.54) is 10.4 Å². The summed E-state index contributed by atoms with van der Waals surface area (Å²) in [5.41, 5.74) is 2.93. The minimum absolute atomic E-state index is 0.0812. The van der Waals surface area contributed by atoms with E-state index in [2.05, 4.69) is 23.4 Å². The normalized spacial score (nSPS) is 16.5. The first-order chi connectivity index (χ1) is 13.1. The fourth-order valence-electron chi connectivity index (χ4n) is 3.99. The predicted octanol–water partition coefficient (Wildman–Crippen LogP) is 3.69. The molecule has 1 aromatic carbocycles. The van der Waals surface area contributed by atoms with Gasteiger partial charge in [0.1, 0.15) is 0 Å². The number of rotatable bonds is 4. The maximum atomic E-state index is 12.9. The van der Waals surface area contributed by atoms with Crippen molar-refractivity contribution in [3.63, 3.8) is 0 Å². The van der Waals surface area contributed by atoms with Crippen LogP contribution in [-0.4, -0.2) is 26.9 Å². The number of fused-ring (bicyclic) bond motifs is 2. The molecule has 1 aliphatic heterocycles. The number of hydrogen-bond acceptors (Lipinski definition) is 4. The summed E-state index contributed by atoms with van der Waals surface area (Å²) in [6, 6.07) is 7.91. The van der Waals surface area contributed by atoms with Crippen molar-refractivity contribution in [3.8, 4) is 0 Å². The number of aryl methyl sites for hydroxylation is 2. The van der Waals surface area contributed by atoms with Gasteiger partial charge in [-0.05, 0) is 48.4 Å². The van der Waals surface area contributed by atoms with E-state index in [-0.39, 0.29) is 17.5 Å². The zero-order valence-corrected chi connectivity index (χ0v) is 16.5. The van der Waals surface area contributed by atoms with Crippen LogP contribution in [0, 0.1) is 6.92 Å². The van der Waals surface area contributed by atoms with Gasteiger partial charge in [-0.25, -0.2) is 4.98 Å². The maximum absolute atomic E-state index is 12.9. The summed E-state index contributed by atoms with van der Waals surface area (Å²) in [7, 11) is 0. The smallest absolute Gasteiger partial charge is 0.261 e. The molecule has 0 saturated carbocycles. The van der Waals surface area contributed by atoms with Gasteiger partial charge in [0.25, 0.3) is 5.56 Å². The maximum Gasteiger partial charge on any atom is 0.261 e. The van der Waals surface area contributed by atoms with Crippen LogP contribution >= 0.6 is 11.3 Å². The number of thiophene rings is 1. The molecule has 0 aliphatic carbocycles.